The molecule has 0 saturated carbocycles. The molecule has 0 aliphatic heterocycles. The highest BCUT2D eigenvalue weighted by Gasteiger charge is 2.23. The number of halogens is 1. The lowest BCUT2D eigenvalue weighted by atomic mass is 9.96. The number of fused-ring (bicyclic) bond motifs is 1. The van der Waals surface area contributed by atoms with Crippen molar-refractivity contribution in [2.75, 3.05) is 7.11 Å². The van der Waals surface area contributed by atoms with Crippen LogP contribution in [-0.4, -0.2) is 17.6 Å². The second-order valence-electron chi connectivity index (χ2n) is 6.40. The molecule has 2 aromatic carbocycles. The van der Waals surface area contributed by atoms with Crippen molar-refractivity contribution in [3.05, 3.63) is 70.0 Å². The molecule has 0 spiro atoms. The standard InChI is InChI=1S/C22H22BrNO3/c1-3-4-13-24-18-8-6-5-7-17(18)20(22(26)27-2)19(21(24)25)16-11-9-15(14-23)10-12-16/h5-12H,3-4,13-14H2,1-2H3. The van der Waals surface area contributed by atoms with Gasteiger partial charge in [0.1, 0.15) is 0 Å². The number of para-hydroxylation sites is 1. The third kappa shape index (κ3) is 3.69. The molecule has 0 amide bonds. The van der Waals surface area contributed by atoms with Crippen LogP contribution in [0.25, 0.3) is 22.0 Å². The molecule has 27 heavy (non-hydrogen) atoms. The Hall–Kier alpha value is -2.40. The number of benzene rings is 2. The summed E-state index contributed by atoms with van der Waals surface area (Å²) in [5.41, 5.74) is 3.16. The summed E-state index contributed by atoms with van der Waals surface area (Å²) in [6, 6.07) is 15.2. The van der Waals surface area contributed by atoms with E-state index in [0.717, 1.165) is 40.2 Å². The van der Waals surface area contributed by atoms with Gasteiger partial charge >= 0.3 is 5.97 Å². The molecule has 0 saturated heterocycles. The number of hydrogen-bond acceptors (Lipinski definition) is 3. The molecule has 3 aromatic rings. The van der Waals surface area contributed by atoms with Gasteiger partial charge in [0.2, 0.25) is 0 Å². The van der Waals surface area contributed by atoms with Crippen molar-refractivity contribution in [3.63, 3.8) is 0 Å². The molecular formula is C22H22BrNO3. The summed E-state index contributed by atoms with van der Waals surface area (Å²) in [6.07, 6.45) is 1.87. The zero-order valence-corrected chi connectivity index (χ0v) is 17.1. The summed E-state index contributed by atoms with van der Waals surface area (Å²) < 4.78 is 6.81. The number of pyridine rings is 1. The lowest BCUT2D eigenvalue weighted by Crippen LogP contribution is -2.26. The Bertz CT molecular complexity index is 1020. The van der Waals surface area contributed by atoms with Gasteiger partial charge in [0.05, 0.1) is 23.8 Å². The van der Waals surface area contributed by atoms with Crippen LogP contribution >= 0.6 is 15.9 Å². The molecule has 1 aromatic heterocycles. The highest BCUT2D eigenvalue weighted by Crippen LogP contribution is 2.29. The van der Waals surface area contributed by atoms with Crippen LogP contribution < -0.4 is 5.56 Å². The Morgan fingerprint density at radius 3 is 2.44 bits per heavy atom. The highest BCUT2D eigenvalue weighted by molar-refractivity contribution is 9.08. The number of aryl methyl sites for hydroxylation is 1. The lowest BCUT2D eigenvalue weighted by molar-refractivity contribution is 0.0603. The second kappa shape index (κ2) is 8.53. The number of esters is 1. The minimum Gasteiger partial charge on any atom is -0.465 e. The lowest BCUT2D eigenvalue weighted by Gasteiger charge is -2.17. The van der Waals surface area contributed by atoms with E-state index in [1.165, 1.54) is 7.11 Å². The minimum absolute atomic E-state index is 0.158. The normalized spacial score (nSPS) is 10.9. The third-order valence-corrected chi connectivity index (χ3v) is 5.34. The van der Waals surface area contributed by atoms with Gasteiger partial charge in [-0.15, -0.1) is 0 Å². The molecule has 3 rings (SSSR count). The van der Waals surface area contributed by atoms with E-state index < -0.39 is 5.97 Å². The molecule has 4 nitrogen and oxygen atoms in total. The number of methoxy groups -OCH3 is 1. The zero-order valence-electron chi connectivity index (χ0n) is 15.5. The first-order chi connectivity index (χ1) is 13.1. The van der Waals surface area contributed by atoms with Gasteiger partial charge in [0, 0.05) is 17.3 Å². The average Bonchev–Trinajstić information content (AvgIpc) is 2.72. The smallest absolute Gasteiger partial charge is 0.339 e. The fraction of sp³-hybridized carbons (Fsp3) is 0.273. The van der Waals surface area contributed by atoms with E-state index in [0.29, 0.717) is 17.7 Å². The fourth-order valence-corrected chi connectivity index (χ4v) is 3.66. The van der Waals surface area contributed by atoms with E-state index in [2.05, 4.69) is 22.9 Å². The topological polar surface area (TPSA) is 48.3 Å². The van der Waals surface area contributed by atoms with E-state index in [4.69, 9.17) is 4.74 Å². The van der Waals surface area contributed by atoms with Crippen LogP contribution in [0.1, 0.15) is 35.7 Å². The first-order valence-electron chi connectivity index (χ1n) is 9.01. The van der Waals surface area contributed by atoms with Gasteiger partial charge in [0.15, 0.2) is 0 Å². The van der Waals surface area contributed by atoms with E-state index in [1.807, 2.05) is 48.5 Å². The number of ether oxygens (including phenoxy) is 1. The van der Waals surface area contributed by atoms with Crippen molar-refractivity contribution in [1.82, 2.24) is 4.57 Å². The summed E-state index contributed by atoms with van der Waals surface area (Å²) in [7, 11) is 1.34. The van der Waals surface area contributed by atoms with Gasteiger partial charge in [-0.05, 0) is 23.6 Å². The number of alkyl halides is 1. The Balaban J connectivity index is 2.39. The maximum absolute atomic E-state index is 13.4. The molecule has 5 heteroatoms. The van der Waals surface area contributed by atoms with Crippen LogP contribution in [0.15, 0.2) is 53.3 Å². The quantitative estimate of drug-likeness (QED) is 0.403. The van der Waals surface area contributed by atoms with Crippen molar-refractivity contribution in [3.8, 4) is 11.1 Å². The Morgan fingerprint density at radius 1 is 1.11 bits per heavy atom. The number of hydrogen-bond donors (Lipinski definition) is 0. The summed E-state index contributed by atoms with van der Waals surface area (Å²) in [6.45, 7) is 2.71. The van der Waals surface area contributed by atoms with E-state index in [9.17, 15) is 9.59 Å². The fourth-order valence-electron chi connectivity index (χ4n) is 3.29. The molecule has 0 fully saturated rings. The van der Waals surface area contributed by atoms with Crippen LogP contribution in [0.4, 0.5) is 0 Å². The monoisotopic (exact) mass is 427 g/mol. The molecular weight excluding hydrogens is 406 g/mol. The van der Waals surface area contributed by atoms with Gasteiger partial charge in [-0.1, -0.05) is 71.7 Å². The van der Waals surface area contributed by atoms with E-state index in [1.54, 1.807) is 4.57 Å². The molecule has 0 aliphatic carbocycles. The predicted octanol–water partition coefficient (Wildman–Crippen LogP) is 5.15. The van der Waals surface area contributed by atoms with Gasteiger partial charge in [-0.2, -0.15) is 0 Å². The van der Waals surface area contributed by atoms with Gasteiger partial charge < -0.3 is 9.30 Å². The highest BCUT2D eigenvalue weighted by atomic mass is 79.9. The molecule has 0 aliphatic rings. The average molecular weight is 428 g/mol. The molecule has 0 N–H and O–H groups in total. The van der Waals surface area contributed by atoms with E-state index in [-0.39, 0.29) is 5.56 Å². The molecule has 1 heterocycles. The first-order valence-corrected chi connectivity index (χ1v) is 10.1. The third-order valence-electron chi connectivity index (χ3n) is 4.69. The molecule has 0 bridgehead atoms. The number of carbonyl (C=O) groups excluding carboxylic acids is 1. The van der Waals surface area contributed by atoms with Crippen LogP contribution in [-0.2, 0) is 16.6 Å². The minimum atomic E-state index is -0.495. The van der Waals surface area contributed by atoms with Crippen LogP contribution in [0.5, 0.6) is 0 Å². The Labute approximate surface area is 166 Å². The summed E-state index contributed by atoms with van der Waals surface area (Å²) in [4.78, 5) is 26.1. The number of carbonyl (C=O) groups is 1. The van der Waals surface area contributed by atoms with E-state index >= 15 is 0 Å². The van der Waals surface area contributed by atoms with Crippen LogP contribution in [0, 0.1) is 0 Å². The van der Waals surface area contributed by atoms with Crippen LogP contribution in [0.3, 0.4) is 0 Å². The van der Waals surface area contributed by atoms with Crippen molar-refractivity contribution in [2.45, 2.75) is 31.6 Å². The maximum Gasteiger partial charge on any atom is 0.339 e. The van der Waals surface area contributed by atoms with Crippen molar-refractivity contribution in [1.29, 1.82) is 0 Å². The number of rotatable bonds is 6. The largest absolute Gasteiger partial charge is 0.465 e. The van der Waals surface area contributed by atoms with Gasteiger partial charge in [0.25, 0.3) is 5.56 Å². The van der Waals surface area contributed by atoms with Gasteiger partial charge in [-0.3, -0.25) is 4.79 Å². The Kier molecular flexibility index (Phi) is 6.11. The summed E-state index contributed by atoms with van der Waals surface area (Å²) in [5, 5.41) is 1.47. The predicted molar refractivity (Wildman–Crippen MR) is 113 cm³/mol. The molecule has 0 atom stereocenters. The van der Waals surface area contributed by atoms with Crippen molar-refractivity contribution < 1.29 is 9.53 Å². The zero-order chi connectivity index (χ0) is 19.4. The number of aromatic nitrogens is 1. The summed E-state index contributed by atoms with van der Waals surface area (Å²) >= 11 is 3.43. The van der Waals surface area contributed by atoms with Crippen molar-refractivity contribution >= 4 is 32.8 Å². The second-order valence-corrected chi connectivity index (χ2v) is 6.96. The molecule has 140 valence electrons. The van der Waals surface area contributed by atoms with Crippen LogP contribution in [0.2, 0.25) is 0 Å². The number of nitrogens with zero attached hydrogens (tertiary/aromatic N) is 1. The maximum atomic E-state index is 13.4. The number of unbranched alkanes of at least 4 members (excludes halogenated alkanes) is 1. The SMILES string of the molecule is CCCCn1c(=O)c(-c2ccc(CBr)cc2)c(C(=O)OC)c2ccccc21. The van der Waals surface area contributed by atoms with Gasteiger partial charge in [-0.25, -0.2) is 4.79 Å². The van der Waals surface area contributed by atoms with Crippen molar-refractivity contribution in [2.24, 2.45) is 0 Å². The first kappa shape index (κ1) is 19.4. The molecule has 0 radical (unpaired) electrons. The summed E-state index contributed by atoms with van der Waals surface area (Å²) in [5.74, 6) is -0.495. The molecule has 0 unspecified atom stereocenters. The Morgan fingerprint density at radius 2 is 1.81 bits per heavy atom.